The topological polar surface area (TPSA) is 30.0 Å². The largest absolute Gasteiger partial charge is 0.300 e. The lowest BCUT2D eigenvalue weighted by Gasteiger charge is -2.04. The summed E-state index contributed by atoms with van der Waals surface area (Å²) in [6, 6.07) is 9.83. The third kappa shape index (κ3) is 2.39. The van der Waals surface area contributed by atoms with E-state index in [1.54, 1.807) is 6.92 Å². The van der Waals surface area contributed by atoms with Crippen molar-refractivity contribution in [1.29, 1.82) is 0 Å². The number of benzene rings is 1. The fourth-order valence-electron chi connectivity index (χ4n) is 1.62. The minimum Gasteiger partial charge on any atom is -0.300 e. The van der Waals surface area contributed by atoms with E-state index in [4.69, 9.17) is 11.6 Å². The maximum Gasteiger partial charge on any atom is 0.132 e. The van der Waals surface area contributed by atoms with Crippen LogP contribution in [0.2, 0.25) is 5.15 Å². The molecule has 0 radical (unpaired) electrons. The van der Waals surface area contributed by atoms with Gasteiger partial charge in [-0.05, 0) is 31.0 Å². The molecule has 3 heteroatoms. The van der Waals surface area contributed by atoms with Crippen LogP contribution in [0, 0.1) is 0 Å². The van der Waals surface area contributed by atoms with Crippen LogP contribution in [-0.4, -0.2) is 10.8 Å². The van der Waals surface area contributed by atoms with Crippen LogP contribution in [0.5, 0.6) is 0 Å². The van der Waals surface area contributed by atoms with Gasteiger partial charge in [-0.25, -0.2) is 4.98 Å². The van der Waals surface area contributed by atoms with Crippen molar-refractivity contribution in [2.45, 2.75) is 19.8 Å². The Morgan fingerprint density at radius 3 is 2.88 bits per heavy atom. The van der Waals surface area contributed by atoms with Crippen LogP contribution >= 0.6 is 11.6 Å². The Kier molecular flexibility index (Phi) is 3.20. The number of Topliss-reactive ketones (excluding diaryl/α,β-unsaturated/α-hetero) is 1. The molecule has 0 N–H and O–H groups in total. The number of rotatable bonds is 3. The van der Waals surface area contributed by atoms with Crippen molar-refractivity contribution < 1.29 is 4.79 Å². The third-order valence-corrected chi connectivity index (χ3v) is 2.82. The van der Waals surface area contributed by atoms with E-state index in [9.17, 15) is 4.79 Å². The van der Waals surface area contributed by atoms with Crippen LogP contribution in [0.3, 0.4) is 0 Å². The van der Waals surface area contributed by atoms with E-state index in [-0.39, 0.29) is 5.78 Å². The quantitative estimate of drug-likeness (QED) is 0.761. The second-order valence-corrected chi connectivity index (χ2v) is 4.19. The van der Waals surface area contributed by atoms with Crippen LogP contribution in [0.4, 0.5) is 0 Å². The SMILES string of the molecule is CC(=O)CCc1cc2ccccc2nc1Cl. The maximum absolute atomic E-state index is 10.9. The molecule has 82 valence electrons. The first-order chi connectivity index (χ1) is 7.66. The Hall–Kier alpha value is -1.41. The van der Waals surface area contributed by atoms with Crippen molar-refractivity contribution in [2.75, 3.05) is 0 Å². The van der Waals surface area contributed by atoms with E-state index >= 15 is 0 Å². The summed E-state index contributed by atoms with van der Waals surface area (Å²) in [5, 5.41) is 1.56. The molecule has 2 aromatic rings. The monoisotopic (exact) mass is 233 g/mol. The molecule has 0 saturated heterocycles. The number of nitrogens with zero attached hydrogens (tertiary/aromatic N) is 1. The minimum absolute atomic E-state index is 0.171. The number of halogens is 1. The van der Waals surface area contributed by atoms with Gasteiger partial charge in [0.2, 0.25) is 0 Å². The van der Waals surface area contributed by atoms with Crippen LogP contribution < -0.4 is 0 Å². The minimum atomic E-state index is 0.171. The number of carbonyl (C=O) groups excluding carboxylic acids is 1. The zero-order valence-corrected chi connectivity index (χ0v) is 9.79. The summed E-state index contributed by atoms with van der Waals surface area (Å²) in [6.07, 6.45) is 1.17. The summed E-state index contributed by atoms with van der Waals surface area (Å²) in [7, 11) is 0. The van der Waals surface area contributed by atoms with Crippen LogP contribution in [0.15, 0.2) is 30.3 Å². The molecule has 0 fully saturated rings. The zero-order valence-electron chi connectivity index (χ0n) is 9.03. The molecule has 0 atom stereocenters. The Labute approximate surface area is 99.3 Å². The molecule has 0 bridgehead atoms. The molecule has 0 aliphatic heterocycles. The first-order valence-corrected chi connectivity index (χ1v) is 5.58. The van der Waals surface area contributed by atoms with Gasteiger partial charge in [0.25, 0.3) is 0 Å². The van der Waals surface area contributed by atoms with Gasteiger partial charge in [-0.1, -0.05) is 29.8 Å². The predicted octanol–water partition coefficient (Wildman–Crippen LogP) is 3.41. The fraction of sp³-hybridized carbons (Fsp3) is 0.231. The van der Waals surface area contributed by atoms with Gasteiger partial charge in [0.1, 0.15) is 10.9 Å². The Bertz CT molecular complexity index is 536. The van der Waals surface area contributed by atoms with Crippen LogP contribution in [0.1, 0.15) is 18.9 Å². The van der Waals surface area contributed by atoms with E-state index in [1.165, 1.54) is 0 Å². The third-order valence-electron chi connectivity index (χ3n) is 2.50. The van der Waals surface area contributed by atoms with E-state index in [2.05, 4.69) is 4.98 Å². The van der Waals surface area contributed by atoms with Gasteiger partial charge in [0, 0.05) is 11.8 Å². The molecule has 2 rings (SSSR count). The highest BCUT2D eigenvalue weighted by molar-refractivity contribution is 6.30. The van der Waals surface area contributed by atoms with Crippen LogP contribution in [-0.2, 0) is 11.2 Å². The number of aromatic nitrogens is 1. The van der Waals surface area contributed by atoms with E-state index in [0.717, 1.165) is 16.5 Å². The molecule has 1 aromatic heterocycles. The summed E-state index contributed by atoms with van der Waals surface area (Å²) in [4.78, 5) is 15.2. The lowest BCUT2D eigenvalue weighted by atomic mass is 10.1. The summed E-state index contributed by atoms with van der Waals surface area (Å²) < 4.78 is 0. The predicted molar refractivity (Wildman–Crippen MR) is 65.8 cm³/mol. The van der Waals surface area contributed by atoms with Gasteiger partial charge in [-0.15, -0.1) is 0 Å². The fourth-order valence-corrected chi connectivity index (χ4v) is 1.86. The molecule has 2 nitrogen and oxygen atoms in total. The second kappa shape index (κ2) is 4.62. The highest BCUT2D eigenvalue weighted by Gasteiger charge is 2.05. The first-order valence-electron chi connectivity index (χ1n) is 5.20. The van der Waals surface area contributed by atoms with Gasteiger partial charge >= 0.3 is 0 Å². The average molecular weight is 234 g/mol. The smallest absolute Gasteiger partial charge is 0.132 e. The number of para-hydroxylation sites is 1. The number of fused-ring (bicyclic) bond motifs is 1. The molecule has 1 aromatic carbocycles. The summed E-state index contributed by atoms with van der Waals surface area (Å²) in [5.41, 5.74) is 1.83. The molecule has 0 saturated carbocycles. The standard InChI is InChI=1S/C13H12ClNO/c1-9(16)6-7-11-8-10-4-2-3-5-12(10)15-13(11)14/h2-5,8H,6-7H2,1H3. The van der Waals surface area contributed by atoms with Gasteiger partial charge in [0.15, 0.2) is 0 Å². The molecule has 0 aliphatic rings. The van der Waals surface area contributed by atoms with E-state index in [1.807, 2.05) is 30.3 Å². The molecule has 0 aliphatic carbocycles. The lowest BCUT2D eigenvalue weighted by molar-refractivity contribution is -0.116. The molecule has 0 amide bonds. The van der Waals surface area contributed by atoms with Crippen molar-refractivity contribution in [3.05, 3.63) is 41.0 Å². The highest BCUT2D eigenvalue weighted by Crippen LogP contribution is 2.21. The van der Waals surface area contributed by atoms with Gasteiger partial charge in [-0.2, -0.15) is 0 Å². The van der Waals surface area contributed by atoms with E-state index in [0.29, 0.717) is 18.0 Å². The Morgan fingerprint density at radius 2 is 2.12 bits per heavy atom. The summed E-state index contributed by atoms with van der Waals surface area (Å²) in [5.74, 6) is 0.171. The molecule has 1 heterocycles. The number of carbonyl (C=O) groups is 1. The number of hydrogen-bond acceptors (Lipinski definition) is 2. The first kappa shape index (κ1) is 11.1. The molecular weight excluding hydrogens is 222 g/mol. The van der Waals surface area contributed by atoms with Crippen molar-refractivity contribution >= 4 is 28.3 Å². The zero-order chi connectivity index (χ0) is 11.5. The number of aryl methyl sites for hydroxylation is 1. The molecule has 0 spiro atoms. The molecule has 0 unspecified atom stereocenters. The number of hydrogen-bond donors (Lipinski definition) is 0. The average Bonchev–Trinajstić information content (AvgIpc) is 2.26. The van der Waals surface area contributed by atoms with Crippen molar-refractivity contribution in [1.82, 2.24) is 4.98 Å². The van der Waals surface area contributed by atoms with Crippen LogP contribution in [0.25, 0.3) is 10.9 Å². The Morgan fingerprint density at radius 1 is 1.38 bits per heavy atom. The normalized spacial score (nSPS) is 10.6. The van der Waals surface area contributed by atoms with E-state index < -0.39 is 0 Å². The van der Waals surface area contributed by atoms with Crippen molar-refractivity contribution in [2.24, 2.45) is 0 Å². The lowest BCUT2D eigenvalue weighted by Crippen LogP contribution is -1.96. The van der Waals surface area contributed by atoms with Crippen molar-refractivity contribution in [3.8, 4) is 0 Å². The number of ketones is 1. The van der Waals surface area contributed by atoms with Crippen molar-refractivity contribution in [3.63, 3.8) is 0 Å². The van der Waals surface area contributed by atoms with Gasteiger partial charge in [0.05, 0.1) is 5.52 Å². The highest BCUT2D eigenvalue weighted by atomic mass is 35.5. The van der Waals surface area contributed by atoms with Gasteiger partial charge in [-0.3, -0.25) is 0 Å². The molecule has 16 heavy (non-hydrogen) atoms. The Balaban J connectivity index is 2.38. The molecular formula is C13H12ClNO. The maximum atomic E-state index is 10.9. The number of pyridine rings is 1. The summed E-state index contributed by atoms with van der Waals surface area (Å²) >= 11 is 6.06. The second-order valence-electron chi connectivity index (χ2n) is 3.83. The summed E-state index contributed by atoms with van der Waals surface area (Å²) in [6.45, 7) is 1.59. The van der Waals surface area contributed by atoms with Gasteiger partial charge < -0.3 is 4.79 Å².